The van der Waals surface area contributed by atoms with Crippen molar-refractivity contribution in [3.05, 3.63) is 58.7 Å². The summed E-state index contributed by atoms with van der Waals surface area (Å²) < 4.78 is 31.7. The third kappa shape index (κ3) is 3.52. The van der Waals surface area contributed by atoms with Crippen molar-refractivity contribution in [2.45, 2.75) is 22.9 Å². The molecule has 0 aromatic heterocycles. The fraction of sp³-hybridized carbons (Fsp3) is 0.286. The van der Waals surface area contributed by atoms with Crippen molar-refractivity contribution in [1.29, 1.82) is 0 Å². The molecule has 0 heterocycles. The highest BCUT2D eigenvalue weighted by Gasteiger charge is 2.42. The van der Waals surface area contributed by atoms with Crippen molar-refractivity contribution >= 4 is 37.6 Å². The zero-order chi connectivity index (χ0) is 15.0. The number of rotatable bonds is 3. The van der Waals surface area contributed by atoms with Crippen LogP contribution in [-0.4, -0.2) is 22.5 Å². The summed E-state index contributed by atoms with van der Waals surface area (Å²) in [5.41, 5.74) is 1.87. The molecular formula is C14H14BrClO3S. The Morgan fingerprint density at radius 3 is 2.50 bits per heavy atom. The summed E-state index contributed by atoms with van der Waals surface area (Å²) in [6.45, 7) is 1.88. The van der Waals surface area contributed by atoms with Gasteiger partial charge in [0.2, 0.25) is 0 Å². The highest BCUT2D eigenvalue weighted by molar-refractivity contribution is 9.10. The van der Waals surface area contributed by atoms with E-state index in [-0.39, 0.29) is 0 Å². The van der Waals surface area contributed by atoms with Crippen LogP contribution in [0.25, 0.3) is 0 Å². The number of hydrogen-bond acceptors (Lipinski definition) is 2. The molecule has 0 fully saturated rings. The van der Waals surface area contributed by atoms with Gasteiger partial charge in [0.15, 0.2) is 0 Å². The molecule has 2 rings (SSSR count). The van der Waals surface area contributed by atoms with Crippen LogP contribution in [0, 0.1) is 0 Å². The van der Waals surface area contributed by atoms with Gasteiger partial charge < -0.3 is 0 Å². The lowest BCUT2D eigenvalue weighted by Crippen LogP contribution is -2.42. The minimum Gasteiger partial charge on any atom is -0.285 e. The topological polar surface area (TPSA) is 54.4 Å². The Balaban J connectivity index is 2.38. The fourth-order valence-corrected chi connectivity index (χ4v) is 4.92. The maximum Gasteiger partial charge on any atom is 0.273 e. The third-order valence-corrected chi connectivity index (χ3v) is 5.96. The van der Waals surface area contributed by atoms with Gasteiger partial charge in [-0.2, -0.15) is 8.42 Å². The van der Waals surface area contributed by atoms with Crippen molar-refractivity contribution in [2.24, 2.45) is 0 Å². The molecule has 2 atom stereocenters. The lowest BCUT2D eigenvalue weighted by molar-refractivity contribution is 0.465. The minimum atomic E-state index is -4.19. The second-order valence-electron chi connectivity index (χ2n) is 4.91. The molecule has 3 nitrogen and oxygen atoms in total. The molecule has 1 N–H and O–H groups in total. The fourth-order valence-electron chi connectivity index (χ4n) is 2.32. The monoisotopic (exact) mass is 376 g/mol. The normalized spacial score (nSPS) is 26.4. The maximum atomic E-state index is 11.6. The molecule has 2 unspecified atom stereocenters. The number of benzene rings is 1. The van der Waals surface area contributed by atoms with Crippen LogP contribution in [0.1, 0.15) is 12.5 Å². The Hall–Kier alpha value is -0.620. The van der Waals surface area contributed by atoms with Gasteiger partial charge in [-0.15, -0.1) is 0 Å². The van der Waals surface area contributed by atoms with Gasteiger partial charge in [0, 0.05) is 5.02 Å². The largest absolute Gasteiger partial charge is 0.285 e. The van der Waals surface area contributed by atoms with E-state index < -0.39 is 19.7 Å². The van der Waals surface area contributed by atoms with Gasteiger partial charge in [0.25, 0.3) is 10.1 Å². The van der Waals surface area contributed by atoms with E-state index in [4.69, 9.17) is 11.6 Å². The van der Waals surface area contributed by atoms with Gasteiger partial charge in [-0.1, -0.05) is 63.5 Å². The van der Waals surface area contributed by atoms with E-state index in [1.54, 1.807) is 18.2 Å². The molecule has 0 spiro atoms. The Morgan fingerprint density at radius 2 is 1.95 bits per heavy atom. The van der Waals surface area contributed by atoms with E-state index in [1.807, 2.05) is 25.1 Å². The molecule has 1 aromatic carbocycles. The van der Waals surface area contributed by atoms with Gasteiger partial charge in [-0.3, -0.25) is 4.55 Å². The van der Waals surface area contributed by atoms with Crippen LogP contribution < -0.4 is 0 Å². The van der Waals surface area contributed by atoms with E-state index in [0.29, 0.717) is 11.4 Å². The van der Waals surface area contributed by atoms with Gasteiger partial charge in [0.05, 0.1) is 4.32 Å². The molecule has 0 saturated heterocycles. The summed E-state index contributed by atoms with van der Waals surface area (Å²) in [5.74, 6) is 0. The molecule has 0 saturated carbocycles. The maximum absolute atomic E-state index is 11.6. The van der Waals surface area contributed by atoms with Crippen LogP contribution in [0.15, 0.2) is 48.1 Å². The summed E-state index contributed by atoms with van der Waals surface area (Å²) in [5, 5.41) is -0.395. The van der Waals surface area contributed by atoms with Gasteiger partial charge in [-0.05, 0) is 31.0 Å². The van der Waals surface area contributed by atoms with Crippen LogP contribution in [0.3, 0.4) is 0 Å². The minimum absolute atomic E-state index is 0.427. The van der Waals surface area contributed by atoms with Crippen LogP contribution in [0.4, 0.5) is 0 Å². The van der Waals surface area contributed by atoms with Crippen LogP contribution in [-0.2, 0) is 16.5 Å². The zero-order valence-electron chi connectivity index (χ0n) is 10.8. The molecular weight excluding hydrogens is 364 g/mol. The van der Waals surface area contributed by atoms with Crippen molar-refractivity contribution in [1.82, 2.24) is 0 Å². The second kappa shape index (κ2) is 5.64. The Morgan fingerprint density at radius 1 is 1.35 bits per heavy atom. The van der Waals surface area contributed by atoms with Crippen LogP contribution in [0.5, 0.6) is 0 Å². The number of alkyl halides is 1. The molecule has 1 aliphatic carbocycles. The average Bonchev–Trinajstić information content (AvgIpc) is 2.30. The lowest BCUT2D eigenvalue weighted by Gasteiger charge is -2.32. The molecule has 1 aliphatic rings. The Kier molecular flexibility index (Phi) is 4.44. The van der Waals surface area contributed by atoms with Gasteiger partial charge >= 0.3 is 0 Å². The van der Waals surface area contributed by atoms with Gasteiger partial charge in [0.1, 0.15) is 5.25 Å². The summed E-state index contributed by atoms with van der Waals surface area (Å²) >= 11 is 9.34. The number of halogens is 2. The predicted octanol–water partition coefficient (Wildman–Crippen LogP) is 3.79. The quantitative estimate of drug-likeness (QED) is 0.644. The Labute approximate surface area is 132 Å². The lowest BCUT2D eigenvalue weighted by atomic mass is 9.90. The van der Waals surface area contributed by atoms with Crippen molar-refractivity contribution in [3.8, 4) is 0 Å². The summed E-state index contributed by atoms with van der Waals surface area (Å²) in [6, 6.07) is 7.19. The molecule has 0 aliphatic heterocycles. The van der Waals surface area contributed by atoms with Gasteiger partial charge in [-0.25, -0.2) is 0 Å². The van der Waals surface area contributed by atoms with Crippen molar-refractivity contribution in [3.63, 3.8) is 0 Å². The summed E-state index contributed by atoms with van der Waals surface area (Å²) in [7, 11) is -4.19. The number of hydrogen-bond donors (Lipinski definition) is 1. The van der Waals surface area contributed by atoms with Crippen molar-refractivity contribution < 1.29 is 13.0 Å². The first kappa shape index (κ1) is 15.8. The van der Waals surface area contributed by atoms with Crippen molar-refractivity contribution in [2.75, 3.05) is 0 Å². The van der Waals surface area contributed by atoms with Crippen LogP contribution >= 0.6 is 27.5 Å². The first-order chi connectivity index (χ1) is 9.21. The van der Waals surface area contributed by atoms with E-state index in [1.165, 1.54) is 6.08 Å². The average molecular weight is 378 g/mol. The smallest absolute Gasteiger partial charge is 0.273 e. The molecule has 1 aromatic rings. The highest BCUT2D eigenvalue weighted by Crippen LogP contribution is 2.37. The SMILES string of the molecule is CC1=CC(Br)(Cc2ccc(Cl)cc2)C(S(=O)(=O)O)C=C1. The second-order valence-corrected chi connectivity index (χ2v) is 8.36. The molecule has 6 heteroatoms. The summed E-state index contributed by atoms with van der Waals surface area (Å²) in [4.78, 5) is 0. The number of allylic oxidation sites excluding steroid dienone is 3. The molecule has 0 bridgehead atoms. The molecule has 0 radical (unpaired) electrons. The molecule has 108 valence electrons. The van der Waals surface area contributed by atoms with E-state index >= 15 is 0 Å². The molecule has 0 amide bonds. The molecule has 20 heavy (non-hydrogen) atoms. The van der Waals surface area contributed by atoms with Crippen LogP contribution in [0.2, 0.25) is 5.02 Å². The first-order valence-corrected chi connectivity index (χ1v) is 8.65. The highest BCUT2D eigenvalue weighted by atomic mass is 79.9. The van der Waals surface area contributed by atoms with E-state index in [2.05, 4.69) is 15.9 Å². The standard InChI is InChI=1S/C14H14BrClO3S/c1-10-2-7-13(20(17,18)19)14(15,8-10)9-11-3-5-12(16)6-4-11/h2-8,13H,9H2,1H3,(H,17,18,19). The van der Waals surface area contributed by atoms with E-state index in [0.717, 1.165) is 11.1 Å². The predicted molar refractivity (Wildman–Crippen MR) is 85.0 cm³/mol. The van der Waals surface area contributed by atoms with E-state index in [9.17, 15) is 13.0 Å². The third-order valence-electron chi connectivity index (χ3n) is 3.18. The zero-order valence-corrected chi connectivity index (χ0v) is 13.9. The Bertz CT molecular complexity index is 664. The first-order valence-electron chi connectivity index (χ1n) is 5.98. The summed E-state index contributed by atoms with van der Waals surface area (Å²) in [6.07, 6.45) is 5.45.